The zero-order valence-corrected chi connectivity index (χ0v) is 17.2. The average Bonchev–Trinajstić information content (AvgIpc) is 2.99. The molecule has 1 saturated heterocycles. The van der Waals surface area contributed by atoms with Crippen LogP contribution in [0, 0.1) is 0 Å². The van der Waals surface area contributed by atoms with Gasteiger partial charge in [0, 0.05) is 17.0 Å². The molecule has 3 rings (SSSR count). The highest BCUT2D eigenvalue weighted by Gasteiger charge is 2.44. The van der Waals surface area contributed by atoms with E-state index in [1.165, 1.54) is 24.8 Å². The third-order valence-corrected chi connectivity index (χ3v) is 5.96. The molecule has 6 heteroatoms. The van der Waals surface area contributed by atoms with Crippen molar-refractivity contribution in [3.05, 3.63) is 23.8 Å². The van der Waals surface area contributed by atoms with Crippen molar-refractivity contribution >= 4 is 18.4 Å². The van der Waals surface area contributed by atoms with Crippen LogP contribution in [0.1, 0.15) is 57.9 Å². The van der Waals surface area contributed by atoms with Crippen LogP contribution in [0.25, 0.3) is 0 Å². The van der Waals surface area contributed by atoms with Gasteiger partial charge in [-0.15, -0.1) is 12.4 Å². The minimum absolute atomic E-state index is 0. The summed E-state index contributed by atoms with van der Waals surface area (Å²) in [5.74, 6) is 1.08. The number of hydrogen-bond donors (Lipinski definition) is 1. The van der Waals surface area contributed by atoms with Crippen molar-refractivity contribution < 1.29 is 19.4 Å². The van der Waals surface area contributed by atoms with E-state index in [0.29, 0.717) is 6.61 Å². The molecule has 5 nitrogen and oxygen atoms in total. The molecule has 152 valence electrons. The van der Waals surface area contributed by atoms with Gasteiger partial charge in [-0.3, -0.25) is 9.69 Å². The molecule has 27 heavy (non-hydrogen) atoms. The highest BCUT2D eigenvalue weighted by molar-refractivity contribution is 5.85. The van der Waals surface area contributed by atoms with Crippen molar-refractivity contribution in [2.75, 3.05) is 26.3 Å². The topological polar surface area (TPSA) is 59.0 Å². The molecule has 2 aliphatic rings. The van der Waals surface area contributed by atoms with Crippen molar-refractivity contribution in [3.8, 4) is 11.5 Å². The number of rotatable bonds is 8. The van der Waals surface area contributed by atoms with Crippen molar-refractivity contribution in [1.82, 2.24) is 4.90 Å². The first-order chi connectivity index (χ1) is 12.6. The molecule has 2 heterocycles. The summed E-state index contributed by atoms with van der Waals surface area (Å²) >= 11 is 0. The molecule has 0 aromatic heterocycles. The summed E-state index contributed by atoms with van der Waals surface area (Å²) < 4.78 is 11.9. The molecule has 1 fully saturated rings. The van der Waals surface area contributed by atoms with Crippen LogP contribution in [0.2, 0.25) is 0 Å². The highest BCUT2D eigenvalue weighted by atomic mass is 35.5. The number of benzene rings is 1. The molecule has 1 aromatic rings. The normalized spacial score (nSPS) is 19.0. The van der Waals surface area contributed by atoms with Gasteiger partial charge in [0.15, 0.2) is 0 Å². The Kier molecular flexibility index (Phi) is 7.80. The summed E-state index contributed by atoms with van der Waals surface area (Å²) in [5.41, 5.74) is 1.29. The Balaban J connectivity index is 0.00000261. The molecule has 0 amide bonds. The Bertz CT molecular complexity index is 629. The van der Waals surface area contributed by atoms with Gasteiger partial charge in [0.2, 0.25) is 0 Å². The second-order valence-electron chi connectivity index (χ2n) is 7.69. The molecule has 0 aliphatic carbocycles. The van der Waals surface area contributed by atoms with Crippen molar-refractivity contribution in [3.63, 3.8) is 0 Å². The molecule has 2 aliphatic heterocycles. The molecule has 1 unspecified atom stereocenters. The Morgan fingerprint density at radius 1 is 1.30 bits per heavy atom. The lowest BCUT2D eigenvalue weighted by Crippen LogP contribution is -2.49. The lowest BCUT2D eigenvalue weighted by atomic mass is 9.74. The number of carbonyl (C=O) groups is 1. The van der Waals surface area contributed by atoms with Crippen LogP contribution < -0.4 is 9.47 Å². The molecule has 0 saturated carbocycles. The van der Waals surface area contributed by atoms with E-state index in [2.05, 4.69) is 24.0 Å². The van der Waals surface area contributed by atoms with Gasteiger partial charge in [0.25, 0.3) is 0 Å². The second-order valence-corrected chi connectivity index (χ2v) is 7.69. The van der Waals surface area contributed by atoms with E-state index in [4.69, 9.17) is 9.47 Å². The fourth-order valence-corrected chi connectivity index (χ4v) is 4.07. The molecule has 0 bridgehead atoms. The van der Waals surface area contributed by atoms with Gasteiger partial charge in [-0.1, -0.05) is 32.3 Å². The first-order valence-electron chi connectivity index (χ1n) is 9.93. The summed E-state index contributed by atoms with van der Waals surface area (Å²) in [6.07, 6.45) is 6.68. The number of halogens is 1. The monoisotopic (exact) mass is 397 g/mol. The molecular weight excluding hydrogens is 366 g/mol. The molecule has 1 N–H and O–H groups in total. The fourth-order valence-electron chi connectivity index (χ4n) is 4.07. The van der Waals surface area contributed by atoms with Crippen LogP contribution in [0.15, 0.2) is 18.2 Å². The van der Waals surface area contributed by atoms with Crippen LogP contribution in [0.4, 0.5) is 0 Å². The van der Waals surface area contributed by atoms with Gasteiger partial charge in [-0.25, -0.2) is 0 Å². The van der Waals surface area contributed by atoms with E-state index in [9.17, 15) is 9.90 Å². The largest absolute Gasteiger partial charge is 0.493 e. The van der Waals surface area contributed by atoms with E-state index in [1.54, 1.807) is 6.92 Å². The van der Waals surface area contributed by atoms with Crippen LogP contribution in [0.5, 0.6) is 11.5 Å². The number of fused-ring (bicyclic) bond motifs is 2. The standard InChI is InChI=1S/C21H31NO4.ClH/c1-3-4-5-6-13-25-17-7-8-18-19(14-17)26-15-21(18)9-11-22(12-10-21)16(2)20(23)24;/h7-8,14,16H,3-6,9-13,15H2,1-2H3,(H,23,24);1H. The third-order valence-electron chi connectivity index (χ3n) is 5.96. The summed E-state index contributed by atoms with van der Waals surface area (Å²) in [4.78, 5) is 13.3. The Morgan fingerprint density at radius 3 is 2.70 bits per heavy atom. The molecular formula is C21H32ClNO4. The number of hydrogen-bond acceptors (Lipinski definition) is 4. The summed E-state index contributed by atoms with van der Waals surface area (Å²) in [5, 5.41) is 9.22. The minimum atomic E-state index is -0.746. The van der Waals surface area contributed by atoms with Crippen molar-refractivity contribution in [1.29, 1.82) is 0 Å². The summed E-state index contributed by atoms with van der Waals surface area (Å²) in [6, 6.07) is 5.81. The number of nitrogens with zero attached hydrogens (tertiary/aromatic N) is 1. The quantitative estimate of drug-likeness (QED) is 0.664. The molecule has 1 aromatic carbocycles. The lowest BCUT2D eigenvalue weighted by molar-refractivity contribution is -0.143. The Hall–Kier alpha value is -1.46. The van der Waals surface area contributed by atoms with Crippen LogP contribution >= 0.6 is 12.4 Å². The highest BCUT2D eigenvalue weighted by Crippen LogP contribution is 2.46. The van der Waals surface area contributed by atoms with Crippen molar-refractivity contribution in [2.45, 2.75) is 63.8 Å². The summed E-state index contributed by atoms with van der Waals surface area (Å²) in [6.45, 7) is 7.02. The van der Waals surface area contributed by atoms with Crippen molar-refractivity contribution in [2.24, 2.45) is 0 Å². The lowest BCUT2D eigenvalue weighted by Gasteiger charge is -2.40. The van der Waals surface area contributed by atoms with Crippen LogP contribution in [-0.2, 0) is 10.2 Å². The average molecular weight is 398 g/mol. The predicted octanol–water partition coefficient (Wildman–Crippen LogP) is 4.27. The third kappa shape index (κ3) is 4.88. The van der Waals surface area contributed by atoms with Gasteiger partial charge < -0.3 is 14.6 Å². The first-order valence-corrected chi connectivity index (χ1v) is 9.93. The van der Waals surface area contributed by atoms with Crippen LogP contribution in [-0.4, -0.2) is 48.3 Å². The number of aliphatic carboxylic acids is 1. The maximum Gasteiger partial charge on any atom is 0.320 e. The predicted molar refractivity (Wildman–Crippen MR) is 108 cm³/mol. The maximum atomic E-state index is 11.2. The van der Waals surface area contributed by atoms with Gasteiger partial charge in [-0.05, 0) is 45.3 Å². The number of ether oxygens (including phenoxy) is 2. The fraction of sp³-hybridized carbons (Fsp3) is 0.667. The second kappa shape index (κ2) is 9.65. The van der Waals surface area contributed by atoms with Gasteiger partial charge in [0.1, 0.15) is 17.5 Å². The van der Waals surface area contributed by atoms with E-state index in [0.717, 1.165) is 50.5 Å². The van der Waals surface area contributed by atoms with Crippen LogP contribution in [0.3, 0.4) is 0 Å². The van der Waals surface area contributed by atoms with Gasteiger partial charge in [0.05, 0.1) is 13.2 Å². The number of likely N-dealkylation sites (tertiary alicyclic amines) is 1. The molecule has 0 radical (unpaired) electrons. The number of piperidine rings is 1. The molecule has 1 atom stereocenters. The Labute approximate surface area is 168 Å². The van der Waals surface area contributed by atoms with Gasteiger partial charge >= 0.3 is 5.97 Å². The SMILES string of the molecule is CCCCCCOc1ccc2c(c1)OCC21CCN(C(C)C(=O)O)CC1.Cl. The zero-order chi connectivity index (χ0) is 18.6. The Morgan fingerprint density at radius 2 is 2.04 bits per heavy atom. The smallest absolute Gasteiger partial charge is 0.320 e. The van der Waals surface area contributed by atoms with Gasteiger partial charge in [-0.2, -0.15) is 0 Å². The van der Waals surface area contributed by atoms with E-state index in [1.807, 2.05) is 6.07 Å². The van der Waals surface area contributed by atoms with E-state index in [-0.39, 0.29) is 17.8 Å². The number of unbranched alkanes of at least 4 members (excludes halogenated alkanes) is 3. The maximum absolute atomic E-state index is 11.2. The molecule has 1 spiro atoms. The number of carboxylic acid groups (broad SMARTS) is 1. The van der Waals surface area contributed by atoms with E-state index >= 15 is 0 Å². The zero-order valence-electron chi connectivity index (χ0n) is 16.4. The minimum Gasteiger partial charge on any atom is -0.493 e. The summed E-state index contributed by atoms with van der Waals surface area (Å²) in [7, 11) is 0. The number of carboxylic acids is 1. The van der Waals surface area contributed by atoms with E-state index < -0.39 is 12.0 Å². The first kappa shape index (κ1) is 21.8.